The smallest absolute Gasteiger partial charge is 0.171 e. The van der Waals surface area contributed by atoms with Gasteiger partial charge in [0.25, 0.3) is 0 Å². The van der Waals surface area contributed by atoms with Crippen molar-refractivity contribution in [3.8, 4) is 23.0 Å². The van der Waals surface area contributed by atoms with Crippen LogP contribution >= 0.6 is 0 Å². The number of hydrogen-bond donors (Lipinski definition) is 0. The van der Waals surface area contributed by atoms with Crippen molar-refractivity contribution in [2.24, 2.45) is 0 Å². The molecule has 0 radical (unpaired) electrons. The molecule has 7 nitrogen and oxygen atoms in total. The molecule has 5 rings (SSSR count). The van der Waals surface area contributed by atoms with Crippen LogP contribution in [0, 0.1) is 6.92 Å². The standard InChI is InChI=1S/C27H22N2O5/c1-16-11-19(34-29-16)13-24(30)21-6-4-5-17-12-18(7-8-20(17)21)33-25-9-10-28-23-15-27(32-3)26(31-2)14-22(23)25/h4-12,14-15H,13H2,1-3H3. The summed E-state index contributed by atoms with van der Waals surface area (Å²) in [5, 5.41) is 6.40. The Hall–Kier alpha value is -4.39. The number of aryl methyl sites for hydroxylation is 1. The van der Waals surface area contributed by atoms with Gasteiger partial charge in [-0.05, 0) is 48.0 Å². The zero-order chi connectivity index (χ0) is 23.7. The Morgan fingerprint density at radius 3 is 2.50 bits per heavy atom. The van der Waals surface area contributed by atoms with E-state index < -0.39 is 0 Å². The third-order valence-electron chi connectivity index (χ3n) is 5.60. The fourth-order valence-electron chi connectivity index (χ4n) is 3.98. The molecular weight excluding hydrogens is 432 g/mol. The molecule has 5 aromatic rings. The molecule has 0 aliphatic heterocycles. The number of pyridine rings is 1. The lowest BCUT2D eigenvalue weighted by Crippen LogP contribution is -2.03. The number of hydrogen-bond acceptors (Lipinski definition) is 7. The highest BCUT2D eigenvalue weighted by atomic mass is 16.5. The van der Waals surface area contributed by atoms with Gasteiger partial charge in [-0.1, -0.05) is 23.4 Å². The topological polar surface area (TPSA) is 83.7 Å². The first-order valence-corrected chi connectivity index (χ1v) is 10.7. The average molecular weight is 454 g/mol. The SMILES string of the molecule is COc1cc2nccc(Oc3ccc4c(C(=O)Cc5cc(C)no5)cccc4c3)c2cc1OC. The van der Waals surface area contributed by atoms with Crippen molar-refractivity contribution < 1.29 is 23.5 Å². The molecule has 0 atom stereocenters. The maximum atomic E-state index is 12.9. The van der Waals surface area contributed by atoms with E-state index in [-0.39, 0.29) is 12.2 Å². The number of nitrogens with zero attached hydrogens (tertiary/aromatic N) is 2. The molecule has 0 spiro atoms. The fourth-order valence-corrected chi connectivity index (χ4v) is 3.98. The Kier molecular flexibility index (Phi) is 5.59. The Balaban J connectivity index is 1.48. The van der Waals surface area contributed by atoms with Crippen molar-refractivity contribution >= 4 is 27.5 Å². The molecule has 0 aliphatic rings. The number of benzene rings is 3. The van der Waals surface area contributed by atoms with Crippen molar-refractivity contribution in [2.45, 2.75) is 13.3 Å². The molecule has 0 unspecified atom stereocenters. The van der Waals surface area contributed by atoms with E-state index in [0.29, 0.717) is 34.3 Å². The van der Waals surface area contributed by atoms with Crippen LogP contribution in [0.2, 0.25) is 0 Å². The first-order chi connectivity index (χ1) is 16.6. The minimum atomic E-state index is -0.0309. The van der Waals surface area contributed by atoms with E-state index >= 15 is 0 Å². The molecule has 170 valence electrons. The van der Waals surface area contributed by atoms with E-state index in [2.05, 4.69) is 10.1 Å². The van der Waals surface area contributed by atoms with Crippen molar-refractivity contribution in [1.82, 2.24) is 10.1 Å². The Morgan fingerprint density at radius 1 is 0.912 bits per heavy atom. The van der Waals surface area contributed by atoms with Gasteiger partial charge in [0.05, 0.1) is 31.9 Å². The molecule has 0 N–H and O–H groups in total. The van der Waals surface area contributed by atoms with Crippen molar-refractivity contribution in [3.05, 3.63) is 83.9 Å². The predicted molar refractivity (Wildman–Crippen MR) is 128 cm³/mol. The molecule has 34 heavy (non-hydrogen) atoms. The normalized spacial score (nSPS) is 11.0. The quantitative estimate of drug-likeness (QED) is 0.282. The summed E-state index contributed by atoms with van der Waals surface area (Å²) in [5.74, 6) is 3.00. The van der Waals surface area contributed by atoms with E-state index in [1.54, 1.807) is 32.5 Å². The highest BCUT2D eigenvalue weighted by molar-refractivity contribution is 6.09. The zero-order valence-corrected chi connectivity index (χ0v) is 19.0. The van der Waals surface area contributed by atoms with Gasteiger partial charge in [-0.15, -0.1) is 0 Å². The van der Waals surface area contributed by atoms with Gasteiger partial charge in [-0.2, -0.15) is 0 Å². The molecule has 7 heteroatoms. The number of ketones is 1. The minimum absolute atomic E-state index is 0.0309. The number of rotatable bonds is 7. The van der Waals surface area contributed by atoms with E-state index in [1.807, 2.05) is 55.5 Å². The van der Waals surface area contributed by atoms with Crippen LogP contribution in [0.1, 0.15) is 21.8 Å². The molecule has 0 saturated heterocycles. The summed E-state index contributed by atoms with van der Waals surface area (Å²) in [6.45, 7) is 1.83. The molecule has 0 fully saturated rings. The van der Waals surface area contributed by atoms with Gasteiger partial charge in [-0.3, -0.25) is 9.78 Å². The maximum Gasteiger partial charge on any atom is 0.171 e. The monoisotopic (exact) mass is 454 g/mol. The van der Waals surface area contributed by atoms with Crippen molar-refractivity contribution in [2.75, 3.05) is 14.2 Å². The van der Waals surface area contributed by atoms with Crippen LogP contribution in [-0.2, 0) is 6.42 Å². The van der Waals surface area contributed by atoms with Gasteiger partial charge >= 0.3 is 0 Å². The minimum Gasteiger partial charge on any atom is -0.493 e. The second-order valence-electron chi connectivity index (χ2n) is 7.86. The number of ether oxygens (including phenoxy) is 3. The van der Waals surface area contributed by atoms with Gasteiger partial charge < -0.3 is 18.7 Å². The second-order valence-corrected chi connectivity index (χ2v) is 7.86. The van der Waals surface area contributed by atoms with Crippen LogP contribution in [0.5, 0.6) is 23.0 Å². The predicted octanol–water partition coefficient (Wildman–Crippen LogP) is 5.92. The van der Waals surface area contributed by atoms with Crippen molar-refractivity contribution in [1.29, 1.82) is 0 Å². The fraction of sp³-hybridized carbons (Fsp3) is 0.148. The summed E-state index contributed by atoms with van der Waals surface area (Å²) in [6, 6.07) is 18.6. The summed E-state index contributed by atoms with van der Waals surface area (Å²) in [4.78, 5) is 17.3. The van der Waals surface area contributed by atoms with Gasteiger partial charge in [0.15, 0.2) is 17.3 Å². The van der Waals surface area contributed by atoms with Gasteiger partial charge in [0, 0.05) is 29.3 Å². The molecule has 2 heterocycles. The van der Waals surface area contributed by atoms with E-state index in [0.717, 1.165) is 27.4 Å². The van der Waals surface area contributed by atoms with Gasteiger partial charge in [0.2, 0.25) is 0 Å². The maximum absolute atomic E-state index is 12.9. The first kappa shape index (κ1) is 21.5. The molecule has 3 aromatic carbocycles. The number of aromatic nitrogens is 2. The summed E-state index contributed by atoms with van der Waals surface area (Å²) in [7, 11) is 3.18. The Morgan fingerprint density at radius 2 is 1.74 bits per heavy atom. The van der Waals surface area contributed by atoms with Crippen LogP contribution < -0.4 is 14.2 Å². The second kappa shape index (κ2) is 8.86. The summed E-state index contributed by atoms with van der Waals surface area (Å²) in [5.41, 5.74) is 2.11. The summed E-state index contributed by atoms with van der Waals surface area (Å²) >= 11 is 0. The average Bonchev–Trinajstić information content (AvgIpc) is 3.27. The number of carbonyl (C=O) groups excluding carboxylic acids is 1. The summed E-state index contributed by atoms with van der Waals surface area (Å²) in [6.07, 6.45) is 1.85. The lowest BCUT2D eigenvalue weighted by Gasteiger charge is -2.13. The van der Waals surface area contributed by atoms with E-state index in [4.69, 9.17) is 18.7 Å². The number of fused-ring (bicyclic) bond motifs is 2. The zero-order valence-electron chi connectivity index (χ0n) is 19.0. The first-order valence-electron chi connectivity index (χ1n) is 10.7. The third kappa shape index (κ3) is 4.03. The number of carbonyl (C=O) groups is 1. The highest BCUT2D eigenvalue weighted by Crippen LogP contribution is 2.37. The van der Waals surface area contributed by atoms with Crippen molar-refractivity contribution in [3.63, 3.8) is 0 Å². The van der Waals surface area contributed by atoms with E-state index in [9.17, 15) is 4.79 Å². The largest absolute Gasteiger partial charge is 0.493 e. The lowest BCUT2D eigenvalue weighted by molar-refractivity contribution is 0.0986. The Labute approximate surface area is 195 Å². The molecule has 0 bridgehead atoms. The number of methoxy groups -OCH3 is 2. The molecule has 0 amide bonds. The van der Waals surface area contributed by atoms with Gasteiger partial charge in [-0.25, -0.2) is 0 Å². The van der Waals surface area contributed by atoms with Crippen LogP contribution in [0.3, 0.4) is 0 Å². The van der Waals surface area contributed by atoms with Crippen LogP contribution in [0.25, 0.3) is 21.7 Å². The molecule has 2 aromatic heterocycles. The highest BCUT2D eigenvalue weighted by Gasteiger charge is 2.15. The lowest BCUT2D eigenvalue weighted by atomic mass is 9.99. The van der Waals surface area contributed by atoms with Crippen LogP contribution in [0.4, 0.5) is 0 Å². The molecular formula is C27H22N2O5. The Bertz CT molecular complexity index is 1520. The molecule has 0 saturated carbocycles. The van der Waals surface area contributed by atoms with Gasteiger partial charge in [0.1, 0.15) is 17.3 Å². The number of Topliss-reactive ketones (excluding diaryl/α,β-unsaturated/α-hetero) is 1. The third-order valence-corrected chi connectivity index (χ3v) is 5.60. The van der Waals surface area contributed by atoms with E-state index in [1.165, 1.54) is 0 Å². The summed E-state index contributed by atoms with van der Waals surface area (Å²) < 4.78 is 22.2. The van der Waals surface area contributed by atoms with Crippen LogP contribution in [-0.4, -0.2) is 30.1 Å². The van der Waals surface area contributed by atoms with Crippen LogP contribution in [0.15, 0.2) is 71.4 Å². The molecule has 0 aliphatic carbocycles.